The molecule has 2 rings (SSSR count). The van der Waals surface area contributed by atoms with Gasteiger partial charge in [0.1, 0.15) is 5.75 Å². The number of carbonyl (C=O) groups excluding carboxylic acids is 2. The first kappa shape index (κ1) is 17.5. The number of amides is 1. The molecule has 24 heavy (non-hydrogen) atoms. The van der Waals surface area contributed by atoms with Gasteiger partial charge in [0, 0.05) is 0 Å². The lowest BCUT2D eigenvalue weighted by Gasteiger charge is -2.14. The summed E-state index contributed by atoms with van der Waals surface area (Å²) in [5.74, 6) is -0.312. The highest BCUT2D eigenvalue weighted by Crippen LogP contribution is 2.16. The van der Waals surface area contributed by atoms with Crippen molar-refractivity contribution in [2.24, 2.45) is 0 Å². The van der Waals surface area contributed by atoms with Crippen LogP contribution in [0.4, 0.5) is 0 Å². The maximum Gasteiger partial charge on any atom is 0.344 e. The molecule has 2 aromatic carbocycles. The molecular weight excluding hydrogens is 306 g/mol. The fourth-order valence-electron chi connectivity index (χ4n) is 2.15. The second kappa shape index (κ2) is 8.72. The molecule has 0 aliphatic heterocycles. The maximum atomic E-state index is 11.8. The van der Waals surface area contributed by atoms with Crippen molar-refractivity contribution < 1.29 is 19.1 Å². The average Bonchev–Trinajstić information content (AvgIpc) is 2.60. The Balaban J connectivity index is 1.71. The number of benzene rings is 2. The SMILES string of the molecule is Cc1ccccc1OCC(=O)OCC(=O)N[C@H](C)c1ccccc1. The molecule has 0 aliphatic carbocycles. The molecule has 0 radical (unpaired) electrons. The van der Waals surface area contributed by atoms with Crippen LogP contribution in [-0.2, 0) is 14.3 Å². The van der Waals surface area contributed by atoms with Gasteiger partial charge in [-0.15, -0.1) is 0 Å². The molecule has 5 heteroatoms. The third-order valence-electron chi connectivity index (χ3n) is 3.48. The zero-order valence-corrected chi connectivity index (χ0v) is 13.8. The van der Waals surface area contributed by atoms with Crippen LogP contribution in [0.1, 0.15) is 24.1 Å². The minimum Gasteiger partial charge on any atom is -0.482 e. The van der Waals surface area contributed by atoms with Crippen molar-refractivity contribution in [2.75, 3.05) is 13.2 Å². The molecule has 0 saturated carbocycles. The van der Waals surface area contributed by atoms with E-state index in [0.717, 1.165) is 11.1 Å². The van der Waals surface area contributed by atoms with E-state index in [2.05, 4.69) is 5.32 Å². The van der Waals surface area contributed by atoms with Gasteiger partial charge in [-0.2, -0.15) is 0 Å². The molecule has 0 spiro atoms. The van der Waals surface area contributed by atoms with E-state index in [9.17, 15) is 9.59 Å². The third kappa shape index (κ3) is 5.43. The second-order valence-corrected chi connectivity index (χ2v) is 5.41. The van der Waals surface area contributed by atoms with Crippen LogP contribution in [0.5, 0.6) is 5.75 Å². The molecule has 0 aliphatic rings. The highest BCUT2D eigenvalue weighted by Gasteiger charge is 2.12. The Morgan fingerprint density at radius 3 is 2.38 bits per heavy atom. The van der Waals surface area contributed by atoms with Gasteiger partial charge in [-0.25, -0.2) is 4.79 Å². The van der Waals surface area contributed by atoms with Crippen LogP contribution in [-0.4, -0.2) is 25.1 Å². The van der Waals surface area contributed by atoms with Gasteiger partial charge in [-0.3, -0.25) is 4.79 Å². The maximum absolute atomic E-state index is 11.8. The first-order valence-corrected chi connectivity index (χ1v) is 7.74. The van der Waals surface area contributed by atoms with Gasteiger partial charge < -0.3 is 14.8 Å². The van der Waals surface area contributed by atoms with E-state index < -0.39 is 5.97 Å². The second-order valence-electron chi connectivity index (χ2n) is 5.41. The van der Waals surface area contributed by atoms with Crippen molar-refractivity contribution in [3.05, 3.63) is 65.7 Å². The first-order valence-electron chi connectivity index (χ1n) is 7.74. The smallest absolute Gasteiger partial charge is 0.344 e. The number of rotatable bonds is 7. The van der Waals surface area contributed by atoms with Crippen LogP contribution in [0.2, 0.25) is 0 Å². The molecule has 0 unspecified atom stereocenters. The molecule has 126 valence electrons. The van der Waals surface area contributed by atoms with E-state index >= 15 is 0 Å². The molecule has 2 aromatic rings. The largest absolute Gasteiger partial charge is 0.482 e. The molecule has 0 fully saturated rings. The Bertz CT molecular complexity index is 685. The van der Waals surface area contributed by atoms with Gasteiger partial charge in [0.05, 0.1) is 6.04 Å². The lowest BCUT2D eigenvalue weighted by atomic mass is 10.1. The first-order chi connectivity index (χ1) is 11.6. The highest BCUT2D eigenvalue weighted by molar-refractivity contribution is 5.81. The fraction of sp³-hybridized carbons (Fsp3) is 0.263. The Hall–Kier alpha value is -2.82. The van der Waals surface area contributed by atoms with Crippen LogP contribution in [0.15, 0.2) is 54.6 Å². The van der Waals surface area contributed by atoms with Crippen molar-refractivity contribution in [1.82, 2.24) is 5.32 Å². The van der Waals surface area contributed by atoms with Crippen LogP contribution in [0.3, 0.4) is 0 Å². The summed E-state index contributed by atoms with van der Waals surface area (Å²) in [6.07, 6.45) is 0. The van der Waals surface area contributed by atoms with Crippen molar-refractivity contribution in [1.29, 1.82) is 0 Å². The Labute approximate surface area is 141 Å². The third-order valence-corrected chi connectivity index (χ3v) is 3.48. The number of aryl methyl sites for hydroxylation is 1. The van der Waals surface area contributed by atoms with Gasteiger partial charge in [-0.05, 0) is 31.0 Å². The molecule has 0 saturated heterocycles. The van der Waals surface area contributed by atoms with Gasteiger partial charge >= 0.3 is 5.97 Å². The minimum atomic E-state index is -0.583. The molecule has 0 bridgehead atoms. The summed E-state index contributed by atoms with van der Waals surface area (Å²) in [4.78, 5) is 23.5. The van der Waals surface area contributed by atoms with Crippen LogP contribution < -0.4 is 10.1 Å². The van der Waals surface area contributed by atoms with Crippen LogP contribution in [0, 0.1) is 6.92 Å². The van der Waals surface area contributed by atoms with Crippen molar-refractivity contribution in [3.8, 4) is 5.75 Å². The molecular formula is C19H21NO4. The summed E-state index contributed by atoms with van der Waals surface area (Å²) in [6.45, 7) is 3.20. The zero-order valence-electron chi connectivity index (χ0n) is 13.8. The number of hydrogen-bond donors (Lipinski definition) is 1. The summed E-state index contributed by atoms with van der Waals surface area (Å²) in [7, 11) is 0. The topological polar surface area (TPSA) is 64.6 Å². The summed E-state index contributed by atoms with van der Waals surface area (Å²) >= 11 is 0. The quantitative estimate of drug-likeness (QED) is 0.794. The molecule has 1 N–H and O–H groups in total. The molecule has 1 atom stereocenters. The van der Waals surface area contributed by atoms with E-state index in [1.807, 2.05) is 62.4 Å². The summed E-state index contributed by atoms with van der Waals surface area (Å²) < 4.78 is 10.3. The summed E-state index contributed by atoms with van der Waals surface area (Å²) in [6, 6.07) is 16.8. The Morgan fingerprint density at radius 2 is 1.67 bits per heavy atom. The summed E-state index contributed by atoms with van der Waals surface area (Å²) in [5.41, 5.74) is 1.92. The van der Waals surface area contributed by atoms with Crippen molar-refractivity contribution >= 4 is 11.9 Å². The number of hydrogen-bond acceptors (Lipinski definition) is 4. The van der Waals surface area contributed by atoms with E-state index in [1.54, 1.807) is 6.07 Å². The highest BCUT2D eigenvalue weighted by atomic mass is 16.6. The standard InChI is InChI=1S/C19H21NO4/c1-14-8-6-7-11-17(14)23-13-19(22)24-12-18(21)20-15(2)16-9-4-3-5-10-16/h3-11,15H,12-13H2,1-2H3,(H,20,21)/t15-/m1/s1. The molecule has 5 nitrogen and oxygen atoms in total. The lowest BCUT2D eigenvalue weighted by molar-refractivity contribution is -0.150. The normalized spacial score (nSPS) is 11.4. The van der Waals surface area contributed by atoms with E-state index in [4.69, 9.17) is 9.47 Å². The number of carbonyl (C=O) groups is 2. The van der Waals surface area contributed by atoms with Crippen LogP contribution >= 0.6 is 0 Å². The van der Waals surface area contributed by atoms with E-state index in [-0.39, 0.29) is 25.2 Å². The minimum absolute atomic E-state index is 0.152. The fourth-order valence-corrected chi connectivity index (χ4v) is 2.15. The Morgan fingerprint density at radius 1 is 1.00 bits per heavy atom. The zero-order chi connectivity index (χ0) is 17.4. The molecule has 1 amide bonds. The van der Waals surface area contributed by atoms with Crippen molar-refractivity contribution in [3.63, 3.8) is 0 Å². The van der Waals surface area contributed by atoms with Gasteiger partial charge in [-0.1, -0.05) is 48.5 Å². The average molecular weight is 327 g/mol. The predicted molar refractivity (Wildman–Crippen MR) is 90.6 cm³/mol. The van der Waals surface area contributed by atoms with E-state index in [0.29, 0.717) is 5.75 Å². The van der Waals surface area contributed by atoms with E-state index in [1.165, 1.54) is 0 Å². The lowest BCUT2D eigenvalue weighted by Crippen LogP contribution is -2.31. The summed E-state index contributed by atoms with van der Waals surface area (Å²) in [5, 5.41) is 2.78. The van der Waals surface area contributed by atoms with Gasteiger partial charge in [0.25, 0.3) is 5.91 Å². The van der Waals surface area contributed by atoms with Crippen LogP contribution in [0.25, 0.3) is 0 Å². The number of ether oxygens (including phenoxy) is 2. The van der Waals surface area contributed by atoms with Gasteiger partial charge in [0.2, 0.25) is 0 Å². The predicted octanol–water partition coefficient (Wildman–Crippen LogP) is 2.79. The molecule has 0 heterocycles. The van der Waals surface area contributed by atoms with Gasteiger partial charge in [0.15, 0.2) is 13.2 Å². The number of para-hydroxylation sites is 1. The number of nitrogens with one attached hydrogen (secondary N) is 1. The number of esters is 1. The molecule has 0 aromatic heterocycles. The van der Waals surface area contributed by atoms with Crippen molar-refractivity contribution in [2.45, 2.75) is 19.9 Å². The Kier molecular flexibility index (Phi) is 6.37. The monoisotopic (exact) mass is 327 g/mol.